The van der Waals surface area contributed by atoms with Crippen molar-refractivity contribution < 1.29 is 0 Å². The minimum absolute atomic E-state index is 0.720. The van der Waals surface area contributed by atoms with Crippen LogP contribution in [0.3, 0.4) is 0 Å². The van der Waals surface area contributed by atoms with Gasteiger partial charge in [-0.05, 0) is 47.8 Å². The number of hydrogen-bond donors (Lipinski definition) is 1. The van der Waals surface area contributed by atoms with Crippen molar-refractivity contribution in [1.29, 1.82) is 0 Å². The van der Waals surface area contributed by atoms with E-state index in [2.05, 4.69) is 44.4 Å². The fraction of sp³-hybridized carbons (Fsp3) is 0.429. The SMILES string of the molecule is Cc1nn(Cc2ccc(Br)cn2)cc1CNC1CC1. The average Bonchev–Trinajstić information content (AvgIpc) is 3.15. The molecule has 0 aromatic carbocycles. The molecule has 4 nitrogen and oxygen atoms in total. The highest BCUT2D eigenvalue weighted by molar-refractivity contribution is 9.10. The Morgan fingerprint density at radius 1 is 1.42 bits per heavy atom. The van der Waals surface area contributed by atoms with Gasteiger partial charge in [0, 0.05) is 35.0 Å². The molecule has 0 spiro atoms. The quantitative estimate of drug-likeness (QED) is 0.921. The fourth-order valence-electron chi connectivity index (χ4n) is 2.02. The molecule has 1 aliphatic rings. The standard InChI is InChI=1S/C14H17BrN4/c1-10-11(6-16-13-4-5-13)8-19(18-10)9-14-3-2-12(15)7-17-14/h2-3,7-8,13,16H,4-6,9H2,1H3. The first-order valence-electron chi connectivity index (χ1n) is 6.57. The van der Waals surface area contributed by atoms with E-state index in [9.17, 15) is 0 Å². The Morgan fingerprint density at radius 2 is 2.26 bits per heavy atom. The molecule has 5 heteroatoms. The molecule has 1 aliphatic carbocycles. The highest BCUT2D eigenvalue weighted by atomic mass is 79.9. The summed E-state index contributed by atoms with van der Waals surface area (Å²) < 4.78 is 2.97. The van der Waals surface area contributed by atoms with E-state index in [1.54, 1.807) is 0 Å². The van der Waals surface area contributed by atoms with Crippen molar-refractivity contribution in [2.45, 2.75) is 38.9 Å². The minimum atomic E-state index is 0.720. The number of halogens is 1. The van der Waals surface area contributed by atoms with Crippen LogP contribution in [-0.2, 0) is 13.1 Å². The predicted molar refractivity (Wildman–Crippen MR) is 77.9 cm³/mol. The van der Waals surface area contributed by atoms with Gasteiger partial charge in [0.2, 0.25) is 0 Å². The normalized spacial score (nSPS) is 14.8. The zero-order valence-electron chi connectivity index (χ0n) is 10.9. The summed E-state index contributed by atoms with van der Waals surface area (Å²) in [6.07, 6.45) is 6.57. The lowest BCUT2D eigenvalue weighted by Gasteiger charge is -2.01. The van der Waals surface area contributed by atoms with Gasteiger partial charge in [-0.1, -0.05) is 0 Å². The Balaban J connectivity index is 1.66. The molecule has 0 radical (unpaired) electrons. The van der Waals surface area contributed by atoms with Gasteiger partial charge in [0.15, 0.2) is 0 Å². The van der Waals surface area contributed by atoms with Gasteiger partial charge in [0.25, 0.3) is 0 Å². The van der Waals surface area contributed by atoms with Crippen LogP contribution >= 0.6 is 15.9 Å². The molecule has 100 valence electrons. The van der Waals surface area contributed by atoms with Gasteiger partial charge in [0.05, 0.1) is 17.9 Å². The summed E-state index contributed by atoms with van der Waals surface area (Å²) in [5.74, 6) is 0. The molecular formula is C14H17BrN4. The summed E-state index contributed by atoms with van der Waals surface area (Å²) in [7, 11) is 0. The summed E-state index contributed by atoms with van der Waals surface area (Å²) in [6.45, 7) is 3.71. The molecule has 2 aromatic heterocycles. The molecular weight excluding hydrogens is 304 g/mol. The molecule has 0 bridgehead atoms. The first kappa shape index (κ1) is 12.8. The second kappa shape index (κ2) is 5.43. The van der Waals surface area contributed by atoms with Crippen molar-refractivity contribution in [3.63, 3.8) is 0 Å². The number of nitrogens with zero attached hydrogens (tertiary/aromatic N) is 3. The number of nitrogens with one attached hydrogen (secondary N) is 1. The van der Waals surface area contributed by atoms with Crippen molar-refractivity contribution in [3.05, 3.63) is 46.0 Å². The topological polar surface area (TPSA) is 42.7 Å². The smallest absolute Gasteiger partial charge is 0.0831 e. The van der Waals surface area contributed by atoms with Gasteiger partial charge in [-0.15, -0.1) is 0 Å². The van der Waals surface area contributed by atoms with Crippen LogP contribution in [0.5, 0.6) is 0 Å². The third kappa shape index (κ3) is 3.42. The highest BCUT2D eigenvalue weighted by Crippen LogP contribution is 2.19. The molecule has 2 aromatic rings. The first-order chi connectivity index (χ1) is 9.20. The molecule has 0 unspecified atom stereocenters. The number of pyridine rings is 1. The molecule has 0 amide bonds. The van der Waals surface area contributed by atoms with Gasteiger partial charge < -0.3 is 5.32 Å². The van der Waals surface area contributed by atoms with E-state index in [0.29, 0.717) is 0 Å². The predicted octanol–water partition coefficient (Wildman–Crippen LogP) is 2.65. The molecule has 3 rings (SSSR count). The molecule has 0 atom stereocenters. The van der Waals surface area contributed by atoms with Crippen molar-refractivity contribution in [2.24, 2.45) is 0 Å². The van der Waals surface area contributed by atoms with Crippen LogP contribution in [0.1, 0.15) is 29.8 Å². The van der Waals surface area contributed by atoms with Gasteiger partial charge >= 0.3 is 0 Å². The lowest BCUT2D eigenvalue weighted by Crippen LogP contribution is -2.15. The van der Waals surface area contributed by atoms with Crippen molar-refractivity contribution in [1.82, 2.24) is 20.1 Å². The zero-order chi connectivity index (χ0) is 13.2. The maximum atomic E-state index is 4.55. The highest BCUT2D eigenvalue weighted by Gasteiger charge is 2.20. The van der Waals surface area contributed by atoms with Crippen LogP contribution in [0.15, 0.2) is 29.0 Å². The van der Waals surface area contributed by atoms with Crippen molar-refractivity contribution >= 4 is 15.9 Å². The Hall–Kier alpha value is -1.20. The van der Waals surface area contributed by atoms with Gasteiger partial charge in [0.1, 0.15) is 0 Å². The van der Waals surface area contributed by atoms with E-state index >= 15 is 0 Å². The minimum Gasteiger partial charge on any atom is -0.310 e. The maximum Gasteiger partial charge on any atom is 0.0831 e. The van der Waals surface area contributed by atoms with Crippen LogP contribution in [-0.4, -0.2) is 20.8 Å². The fourth-order valence-corrected chi connectivity index (χ4v) is 2.26. The number of aromatic nitrogens is 3. The summed E-state index contributed by atoms with van der Waals surface area (Å²) >= 11 is 3.39. The molecule has 1 saturated carbocycles. The second-order valence-corrected chi connectivity index (χ2v) is 5.98. The molecule has 0 saturated heterocycles. The number of aryl methyl sites for hydroxylation is 1. The van der Waals surface area contributed by atoms with Crippen molar-refractivity contribution in [3.8, 4) is 0 Å². The maximum absolute atomic E-state index is 4.55. The summed E-state index contributed by atoms with van der Waals surface area (Å²) in [4.78, 5) is 4.37. The van der Waals surface area contributed by atoms with Gasteiger partial charge in [-0.3, -0.25) is 9.67 Å². The first-order valence-corrected chi connectivity index (χ1v) is 7.37. The Kier molecular flexibility index (Phi) is 3.66. The number of hydrogen-bond acceptors (Lipinski definition) is 3. The van der Waals surface area contributed by atoms with E-state index in [4.69, 9.17) is 0 Å². The molecule has 1 N–H and O–H groups in total. The Labute approximate surface area is 121 Å². The monoisotopic (exact) mass is 320 g/mol. The van der Waals surface area contributed by atoms with E-state index in [0.717, 1.165) is 35.0 Å². The number of rotatable bonds is 5. The lowest BCUT2D eigenvalue weighted by atomic mass is 10.2. The molecule has 1 fully saturated rings. The Morgan fingerprint density at radius 3 is 2.95 bits per heavy atom. The molecule has 0 aliphatic heterocycles. The molecule has 19 heavy (non-hydrogen) atoms. The summed E-state index contributed by atoms with van der Waals surface area (Å²) in [6, 6.07) is 4.76. The van der Waals surface area contributed by atoms with Crippen LogP contribution in [0.4, 0.5) is 0 Å². The van der Waals surface area contributed by atoms with Crippen LogP contribution < -0.4 is 5.32 Å². The van der Waals surface area contributed by atoms with Crippen LogP contribution in [0, 0.1) is 6.92 Å². The van der Waals surface area contributed by atoms with Crippen LogP contribution in [0.2, 0.25) is 0 Å². The average molecular weight is 321 g/mol. The van der Waals surface area contributed by atoms with E-state index in [1.165, 1.54) is 18.4 Å². The third-order valence-corrected chi connectivity index (χ3v) is 3.79. The lowest BCUT2D eigenvalue weighted by molar-refractivity contribution is 0.663. The van der Waals surface area contributed by atoms with Gasteiger partial charge in [-0.25, -0.2) is 0 Å². The largest absolute Gasteiger partial charge is 0.310 e. The summed E-state index contributed by atoms with van der Waals surface area (Å²) in [5, 5.41) is 8.07. The zero-order valence-corrected chi connectivity index (χ0v) is 12.5. The van der Waals surface area contributed by atoms with E-state index in [-0.39, 0.29) is 0 Å². The second-order valence-electron chi connectivity index (χ2n) is 5.06. The Bertz CT molecular complexity index is 557. The third-order valence-electron chi connectivity index (χ3n) is 3.32. The van der Waals surface area contributed by atoms with E-state index in [1.807, 2.05) is 23.0 Å². The summed E-state index contributed by atoms with van der Waals surface area (Å²) in [5.41, 5.74) is 3.40. The molecule has 2 heterocycles. The van der Waals surface area contributed by atoms with Crippen LogP contribution in [0.25, 0.3) is 0 Å². The van der Waals surface area contributed by atoms with Gasteiger partial charge in [-0.2, -0.15) is 5.10 Å². The van der Waals surface area contributed by atoms with E-state index < -0.39 is 0 Å². The van der Waals surface area contributed by atoms with Crippen molar-refractivity contribution in [2.75, 3.05) is 0 Å².